The number of halogens is 3. The number of rotatable bonds is 6. The Hall–Kier alpha value is -3.78. The maximum absolute atomic E-state index is 14.1. The number of carbonyl (C=O) groups excluding carboxylic acids is 1. The monoisotopic (exact) mass is 596 g/mol. The number of likely N-dealkylation sites (tertiary alicyclic amines) is 1. The molecule has 4 heterocycles. The zero-order valence-electron chi connectivity index (χ0n) is 25.2. The fraction of sp³-hybridized carbons (Fsp3) is 0.531. The van der Waals surface area contributed by atoms with Crippen LogP contribution in [0.4, 0.5) is 24.5 Å². The molecule has 0 bridgehead atoms. The van der Waals surface area contributed by atoms with Gasteiger partial charge in [0.2, 0.25) is 11.8 Å². The lowest BCUT2D eigenvalue weighted by molar-refractivity contribution is -0.137. The van der Waals surface area contributed by atoms with Crippen LogP contribution < -0.4 is 14.5 Å². The standard InChI is InChI=1S/C32H39F3N6O2/c1-6-28(42)41-21(3)16-40(17-22(41)4)30-24-12-14-39(29-20(2)9-7-11-26(29)32(33,34)35)18-27(24)37-31(25(30)15-36)43-19-23-10-8-13-38(23)5/h6-7,9,11,21-23H,1,8,10,12-14,16-19H2,2-5H3/t21-,22+,23-/m0/s1. The minimum atomic E-state index is -4.50. The molecule has 0 saturated carbocycles. The molecule has 0 N–H and O–H groups in total. The highest BCUT2D eigenvalue weighted by Crippen LogP contribution is 2.43. The molecule has 230 valence electrons. The number of benzene rings is 1. The second-order valence-corrected chi connectivity index (χ2v) is 12.0. The molecular formula is C32H39F3N6O2. The minimum Gasteiger partial charge on any atom is -0.475 e. The number of fused-ring (bicyclic) bond motifs is 1. The van der Waals surface area contributed by atoms with Crippen molar-refractivity contribution in [3.8, 4) is 11.9 Å². The van der Waals surface area contributed by atoms with E-state index in [1.165, 1.54) is 12.1 Å². The fourth-order valence-electron chi connectivity index (χ4n) is 7.00. The molecule has 0 aliphatic carbocycles. The number of aryl methyl sites for hydroxylation is 1. The predicted octanol–water partition coefficient (Wildman–Crippen LogP) is 4.93. The average Bonchev–Trinajstić information content (AvgIpc) is 3.37. The van der Waals surface area contributed by atoms with Gasteiger partial charge in [0.1, 0.15) is 18.2 Å². The number of hydrogen-bond acceptors (Lipinski definition) is 7. The Kier molecular flexibility index (Phi) is 8.61. The van der Waals surface area contributed by atoms with Crippen molar-refractivity contribution in [2.75, 3.05) is 49.6 Å². The topological polar surface area (TPSA) is 75.9 Å². The van der Waals surface area contributed by atoms with Gasteiger partial charge >= 0.3 is 6.18 Å². The fourth-order valence-corrected chi connectivity index (χ4v) is 7.00. The Bertz CT molecular complexity index is 1430. The molecule has 3 aliphatic heterocycles. The molecule has 1 aromatic carbocycles. The Labute approximate surface area is 251 Å². The molecule has 8 nitrogen and oxygen atoms in total. The summed E-state index contributed by atoms with van der Waals surface area (Å²) in [6.45, 7) is 12.1. The van der Waals surface area contributed by atoms with Gasteiger partial charge in [-0.05, 0) is 71.3 Å². The molecular weight excluding hydrogens is 557 g/mol. The molecule has 3 atom stereocenters. The van der Waals surface area contributed by atoms with Gasteiger partial charge < -0.3 is 24.3 Å². The number of pyridine rings is 1. The second kappa shape index (κ2) is 12.1. The minimum absolute atomic E-state index is 0.143. The first-order chi connectivity index (χ1) is 20.4. The number of alkyl halides is 3. The number of anilines is 2. The van der Waals surface area contributed by atoms with E-state index in [-0.39, 0.29) is 42.1 Å². The summed E-state index contributed by atoms with van der Waals surface area (Å²) in [5.41, 5.74) is 2.53. The van der Waals surface area contributed by atoms with Gasteiger partial charge in [-0.25, -0.2) is 4.98 Å². The number of nitrogens with zero attached hydrogens (tertiary/aromatic N) is 6. The van der Waals surface area contributed by atoms with Gasteiger partial charge in [-0.1, -0.05) is 18.7 Å². The third-order valence-corrected chi connectivity index (χ3v) is 9.01. The Morgan fingerprint density at radius 3 is 2.51 bits per heavy atom. The smallest absolute Gasteiger partial charge is 0.418 e. The van der Waals surface area contributed by atoms with E-state index >= 15 is 0 Å². The number of ether oxygens (including phenoxy) is 1. The molecule has 2 aromatic rings. The van der Waals surface area contributed by atoms with Crippen LogP contribution in [-0.2, 0) is 23.9 Å². The SMILES string of the molecule is C=CC(=O)N1[C@H](C)CN(c2c(C#N)c(OC[C@@H]3CCCN3C)nc3c2CCN(c2c(C)cccc2C(F)(F)F)C3)C[C@@H]1C. The number of likely N-dealkylation sites (N-methyl/N-ethyl adjacent to an activating group) is 1. The predicted molar refractivity (Wildman–Crippen MR) is 159 cm³/mol. The van der Waals surface area contributed by atoms with Crippen molar-refractivity contribution in [3.05, 3.63) is 58.8 Å². The first-order valence-electron chi connectivity index (χ1n) is 14.8. The van der Waals surface area contributed by atoms with Crippen molar-refractivity contribution in [1.29, 1.82) is 5.26 Å². The van der Waals surface area contributed by atoms with Crippen molar-refractivity contribution < 1.29 is 22.7 Å². The molecule has 5 rings (SSSR count). The van der Waals surface area contributed by atoms with E-state index in [1.54, 1.807) is 22.8 Å². The number of amides is 1. The molecule has 2 fully saturated rings. The van der Waals surface area contributed by atoms with Gasteiger partial charge in [-0.3, -0.25) is 4.79 Å². The summed E-state index contributed by atoms with van der Waals surface area (Å²) in [5, 5.41) is 10.5. The summed E-state index contributed by atoms with van der Waals surface area (Å²) < 4.78 is 48.5. The zero-order chi connectivity index (χ0) is 31.1. The number of para-hydroxylation sites is 1. The van der Waals surface area contributed by atoms with Gasteiger partial charge in [-0.2, -0.15) is 18.4 Å². The van der Waals surface area contributed by atoms with E-state index in [2.05, 4.69) is 22.4 Å². The summed E-state index contributed by atoms with van der Waals surface area (Å²) in [7, 11) is 2.04. The number of carbonyl (C=O) groups is 1. The highest BCUT2D eigenvalue weighted by Gasteiger charge is 2.39. The number of aromatic nitrogens is 1. The van der Waals surface area contributed by atoms with Crippen molar-refractivity contribution in [2.24, 2.45) is 0 Å². The molecule has 1 aromatic heterocycles. The molecule has 2 saturated heterocycles. The van der Waals surface area contributed by atoms with E-state index < -0.39 is 11.7 Å². The van der Waals surface area contributed by atoms with E-state index in [1.807, 2.05) is 20.9 Å². The van der Waals surface area contributed by atoms with Crippen LogP contribution in [-0.4, -0.2) is 78.7 Å². The van der Waals surface area contributed by atoms with Gasteiger partial charge in [0.05, 0.1) is 29.2 Å². The highest BCUT2D eigenvalue weighted by molar-refractivity contribution is 5.88. The van der Waals surface area contributed by atoms with Crippen LogP contribution in [0.1, 0.15) is 54.6 Å². The number of hydrogen-bond donors (Lipinski definition) is 0. The molecule has 11 heteroatoms. The van der Waals surface area contributed by atoms with Gasteiger partial charge in [0.15, 0.2) is 0 Å². The summed E-state index contributed by atoms with van der Waals surface area (Å²) in [4.78, 5) is 25.3. The van der Waals surface area contributed by atoms with Gasteiger partial charge in [0.25, 0.3) is 0 Å². The van der Waals surface area contributed by atoms with Crippen LogP contribution in [0.2, 0.25) is 0 Å². The van der Waals surface area contributed by atoms with Crippen LogP contribution in [0, 0.1) is 18.3 Å². The summed E-state index contributed by atoms with van der Waals surface area (Å²) in [6, 6.07) is 6.49. The molecule has 43 heavy (non-hydrogen) atoms. The average molecular weight is 597 g/mol. The Balaban J connectivity index is 1.57. The van der Waals surface area contributed by atoms with E-state index in [0.29, 0.717) is 55.2 Å². The lowest BCUT2D eigenvalue weighted by atomic mass is 9.95. The van der Waals surface area contributed by atoms with Crippen molar-refractivity contribution in [1.82, 2.24) is 14.8 Å². The zero-order valence-corrected chi connectivity index (χ0v) is 25.2. The van der Waals surface area contributed by atoms with Crippen LogP contribution in [0.15, 0.2) is 30.9 Å². The molecule has 3 aliphatic rings. The lowest BCUT2D eigenvalue weighted by Crippen LogP contribution is -2.58. The second-order valence-electron chi connectivity index (χ2n) is 12.0. The van der Waals surface area contributed by atoms with Crippen LogP contribution in [0.5, 0.6) is 5.88 Å². The van der Waals surface area contributed by atoms with E-state index in [4.69, 9.17) is 9.72 Å². The van der Waals surface area contributed by atoms with Gasteiger partial charge in [0, 0.05) is 43.3 Å². The molecule has 0 unspecified atom stereocenters. The lowest BCUT2D eigenvalue weighted by Gasteiger charge is -2.46. The maximum atomic E-state index is 14.1. The van der Waals surface area contributed by atoms with Crippen LogP contribution in [0.25, 0.3) is 0 Å². The van der Waals surface area contributed by atoms with Gasteiger partial charge in [-0.15, -0.1) is 0 Å². The largest absolute Gasteiger partial charge is 0.475 e. The van der Waals surface area contributed by atoms with E-state index in [0.717, 1.165) is 31.0 Å². The highest BCUT2D eigenvalue weighted by atomic mass is 19.4. The molecule has 1 amide bonds. The molecule has 0 spiro atoms. The number of nitriles is 1. The quantitative estimate of drug-likeness (QED) is 0.438. The maximum Gasteiger partial charge on any atom is 0.418 e. The van der Waals surface area contributed by atoms with Crippen LogP contribution in [0.3, 0.4) is 0 Å². The summed E-state index contributed by atoms with van der Waals surface area (Å²) in [6.07, 6.45) is -0.723. The van der Waals surface area contributed by atoms with Crippen LogP contribution >= 0.6 is 0 Å². The Morgan fingerprint density at radius 2 is 1.91 bits per heavy atom. The molecule has 0 radical (unpaired) electrons. The van der Waals surface area contributed by atoms with Crippen molar-refractivity contribution in [3.63, 3.8) is 0 Å². The number of piperazine rings is 1. The third kappa shape index (κ3) is 5.90. The Morgan fingerprint density at radius 1 is 1.19 bits per heavy atom. The summed E-state index contributed by atoms with van der Waals surface area (Å²) in [5.74, 6) is 0.0695. The summed E-state index contributed by atoms with van der Waals surface area (Å²) >= 11 is 0. The normalized spacial score (nSPS) is 22.7. The third-order valence-electron chi connectivity index (χ3n) is 9.01. The first-order valence-corrected chi connectivity index (χ1v) is 14.8. The van der Waals surface area contributed by atoms with E-state index in [9.17, 15) is 23.2 Å². The van der Waals surface area contributed by atoms with Crippen molar-refractivity contribution >= 4 is 17.3 Å². The van der Waals surface area contributed by atoms with Crippen molar-refractivity contribution in [2.45, 2.75) is 70.9 Å². The first kappa shape index (κ1) is 30.7.